The molecule has 31 heavy (non-hydrogen) atoms. The highest BCUT2D eigenvalue weighted by Gasteiger charge is 2.56. The molecule has 1 heterocycles. The lowest BCUT2D eigenvalue weighted by atomic mass is 9.90. The molecule has 0 radical (unpaired) electrons. The van der Waals surface area contributed by atoms with E-state index in [0.717, 1.165) is 10.5 Å². The van der Waals surface area contributed by atoms with Crippen LogP contribution in [0.2, 0.25) is 0 Å². The Labute approximate surface area is 183 Å². The van der Waals surface area contributed by atoms with Gasteiger partial charge in [-0.3, -0.25) is 9.69 Å². The summed E-state index contributed by atoms with van der Waals surface area (Å²) in [6.45, 7) is 10.4. The molecule has 0 bridgehead atoms. The summed E-state index contributed by atoms with van der Waals surface area (Å²) in [4.78, 5) is 39.3. The van der Waals surface area contributed by atoms with Crippen molar-refractivity contribution in [3.8, 4) is 0 Å². The average molecular weight is 433 g/mol. The molecule has 2 amide bonds. The number of esters is 1. The van der Waals surface area contributed by atoms with Crippen LogP contribution in [0.4, 0.5) is 4.79 Å². The maximum absolute atomic E-state index is 13.2. The number of amides is 2. The van der Waals surface area contributed by atoms with Crippen LogP contribution in [0.15, 0.2) is 41.8 Å². The molecule has 1 aromatic rings. The number of cyclic esters (lactones) is 1. The standard InChI is InChI=1S/C23H32N2O6/c1-21(2,3)24-19(28)23(14-13-15-11-9-8-10-12-15)17(26)16(18(27)30-23)25(7)20(29)31-22(4,5)6/h8-12,26H,13-14H2,1-7H3,(H,24,28). The van der Waals surface area contributed by atoms with Crippen LogP contribution in [-0.2, 0) is 25.5 Å². The largest absolute Gasteiger partial charge is 0.506 e. The van der Waals surface area contributed by atoms with Gasteiger partial charge in [0, 0.05) is 19.0 Å². The number of aliphatic hydroxyl groups is 1. The number of rotatable bonds is 5. The fraction of sp³-hybridized carbons (Fsp3) is 0.522. The third-order valence-electron chi connectivity index (χ3n) is 4.53. The molecule has 8 nitrogen and oxygen atoms in total. The third kappa shape index (κ3) is 5.77. The number of nitrogens with one attached hydrogen (secondary N) is 1. The maximum Gasteiger partial charge on any atom is 0.414 e. The normalized spacial score (nSPS) is 19.1. The number of nitrogens with zero attached hydrogens (tertiary/aromatic N) is 1. The summed E-state index contributed by atoms with van der Waals surface area (Å²) in [6, 6.07) is 9.33. The minimum atomic E-state index is -1.95. The number of aliphatic hydroxyl groups excluding tert-OH is 1. The Kier molecular flexibility index (Phi) is 6.73. The van der Waals surface area contributed by atoms with Crippen molar-refractivity contribution in [2.45, 2.75) is 71.1 Å². The second-order valence-electron chi connectivity index (χ2n) is 9.64. The second kappa shape index (κ2) is 8.61. The molecule has 0 spiro atoms. The van der Waals surface area contributed by atoms with E-state index in [2.05, 4.69) is 5.32 Å². The molecule has 8 heteroatoms. The van der Waals surface area contributed by atoms with Crippen LogP contribution in [0.1, 0.15) is 53.5 Å². The Morgan fingerprint density at radius 1 is 1.13 bits per heavy atom. The molecule has 1 atom stereocenters. The van der Waals surface area contributed by atoms with Gasteiger partial charge in [0.15, 0.2) is 11.5 Å². The van der Waals surface area contributed by atoms with Crippen molar-refractivity contribution < 1.29 is 29.0 Å². The number of ether oxygens (including phenoxy) is 2. The molecule has 170 valence electrons. The van der Waals surface area contributed by atoms with E-state index in [1.807, 2.05) is 30.3 Å². The fourth-order valence-electron chi connectivity index (χ4n) is 3.10. The van der Waals surface area contributed by atoms with Crippen LogP contribution in [0.5, 0.6) is 0 Å². The quantitative estimate of drug-likeness (QED) is 0.691. The predicted octanol–water partition coefficient (Wildman–Crippen LogP) is 3.47. The van der Waals surface area contributed by atoms with Crippen LogP contribution in [-0.4, -0.2) is 51.8 Å². The molecule has 1 aliphatic heterocycles. The molecular weight excluding hydrogens is 400 g/mol. The Morgan fingerprint density at radius 3 is 2.23 bits per heavy atom. The van der Waals surface area contributed by atoms with Gasteiger partial charge in [-0.2, -0.15) is 0 Å². The monoisotopic (exact) mass is 432 g/mol. The highest BCUT2D eigenvalue weighted by Crippen LogP contribution is 2.37. The number of hydrogen-bond donors (Lipinski definition) is 2. The van der Waals surface area contributed by atoms with Crippen LogP contribution in [0.25, 0.3) is 0 Å². The number of carbonyl (C=O) groups excluding carboxylic acids is 3. The van der Waals surface area contributed by atoms with Gasteiger partial charge in [0.05, 0.1) is 0 Å². The minimum absolute atomic E-state index is 0.00214. The Bertz CT molecular complexity index is 880. The zero-order valence-electron chi connectivity index (χ0n) is 19.2. The zero-order valence-corrected chi connectivity index (χ0v) is 19.2. The number of hydrogen-bond acceptors (Lipinski definition) is 6. The maximum atomic E-state index is 13.2. The summed E-state index contributed by atoms with van der Waals surface area (Å²) in [5.74, 6) is -2.24. The first-order valence-electron chi connectivity index (χ1n) is 10.2. The van der Waals surface area contributed by atoms with Crippen molar-refractivity contribution in [1.82, 2.24) is 10.2 Å². The Hall–Kier alpha value is -3.03. The smallest absolute Gasteiger partial charge is 0.414 e. The minimum Gasteiger partial charge on any atom is -0.506 e. The molecular formula is C23H32N2O6. The van der Waals surface area contributed by atoms with E-state index in [1.165, 1.54) is 7.05 Å². The molecule has 0 fully saturated rings. The predicted molar refractivity (Wildman–Crippen MR) is 115 cm³/mol. The molecule has 2 rings (SSSR count). The number of carbonyl (C=O) groups is 3. The van der Waals surface area contributed by atoms with Gasteiger partial charge in [0.25, 0.3) is 5.91 Å². The number of benzene rings is 1. The summed E-state index contributed by atoms with van der Waals surface area (Å²) in [6.07, 6.45) is -0.484. The second-order valence-corrected chi connectivity index (χ2v) is 9.64. The molecule has 1 unspecified atom stereocenters. The van der Waals surface area contributed by atoms with Gasteiger partial charge in [-0.15, -0.1) is 0 Å². The number of aryl methyl sites for hydroxylation is 1. The molecule has 1 aromatic carbocycles. The van der Waals surface area contributed by atoms with Crippen molar-refractivity contribution >= 4 is 18.0 Å². The lowest BCUT2D eigenvalue weighted by Crippen LogP contribution is -2.54. The topological polar surface area (TPSA) is 105 Å². The SMILES string of the molecule is CN(C(=O)OC(C)(C)C)C1=C(O)C(CCc2ccccc2)(C(=O)NC(C)(C)C)OC1=O. The van der Waals surface area contributed by atoms with Crippen molar-refractivity contribution in [3.63, 3.8) is 0 Å². The van der Waals surface area contributed by atoms with E-state index in [4.69, 9.17) is 9.47 Å². The fourth-order valence-corrected chi connectivity index (χ4v) is 3.10. The molecule has 0 aromatic heterocycles. The van der Waals surface area contributed by atoms with E-state index in [9.17, 15) is 19.5 Å². The van der Waals surface area contributed by atoms with Gasteiger partial charge >= 0.3 is 12.1 Å². The van der Waals surface area contributed by atoms with E-state index >= 15 is 0 Å². The molecule has 1 aliphatic rings. The van der Waals surface area contributed by atoms with Gasteiger partial charge in [0.2, 0.25) is 5.60 Å². The lowest BCUT2D eigenvalue weighted by Gasteiger charge is -2.31. The van der Waals surface area contributed by atoms with Gasteiger partial charge in [0.1, 0.15) is 5.60 Å². The Morgan fingerprint density at radius 2 is 1.71 bits per heavy atom. The molecule has 0 saturated heterocycles. The summed E-state index contributed by atoms with van der Waals surface area (Å²) < 4.78 is 10.8. The van der Waals surface area contributed by atoms with Crippen LogP contribution >= 0.6 is 0 Å². The molecule has 0 saturated carbocycles. The number of likely N-dealkylation sites (N-methyl/N-ethyl adjacent to an activating group) is 1. The zero-order chi connectivity index (χ0) is 23.6. The van der Waals surface area contributed by atoms with Crippen molar-refractivity contribution in [1.29, 1.82) is 0 Å². The van der Waals surface area contributed by atoms with E-state index in [-0.39, 0.29) is 6.42 Å². The van der Waals surface area contributed by atoms with E-state index in [0.29, 0.717) is 6.42 Å². The first kappa shape index (κ1) is 24.2. The highest BCUT2D eigenvalue weighted by molar-refractivity contribution is 6.02. The van der Waals surface area contributed by atoms with Crippen molar-refractivity contribution in [3.05, 3.63) is 47.4 Å². The van der Waals surface area contributed by atoms with Gasteiger partial charge in [-0.25, -0.2) is 9.59 Å². The summed E-state index contributed by atoms with van der Waals surface area (Å²) in [5.41, 5.74) is -2.90. The molecule has 2 N–H and O–H groups in total. The summed E-state index contributed by atoms with van der Waals surface area (Å²) in [7, 11) is 1.29. The summed E-state index contributed by atoms with van der Waals surface area (Å²) in [5, 5.41) is 13.8. The van der Waals surface area contributed by atoms with Gasteiger partial charge < -0.3 is 19.9 Å². The van der Waals surface area contributed by atoms with Crippen LogP contribution in [0.3, 0.4) is 0 Å². The van der Waals surface area contributed by atoms with Crippen LogP contribution in [0, 0.1) is 0 Å². The lowest BCUT2D eigenvalue weighted by molar-refractivity contribution is -0.161. The van der Waals surface area contributed by atoms with E-state index < -0.39 is 46.2 Å². The third-order valence-corrected chi connectivity index (χ3v) is 4.53. The highest BCUT2D eigenvalue weighted by atomic mass is 16.6. The first-order chi connectivity index (χ1) is 14.2. The van der Waals surface area contributed by atoms with E-state index in [1.54, 1.807) is 41.5 Å². The van der Waals surface area contributed by atoms with Crippen molar-refractivity contribution in [2.24, 2.45) is 0 Å². The molecule has 0 aliphatic carbocycles. The summed E-state index contributed by atoms with van der Waals surface area (Å²) >= 11 is 0. The van der Waals surface area contributed by atoms with Crippen molar-refractivity contribution in [2.75, 3.05) is 7.05 Å². The van der Waals surface area contributed by atoms with Gasteiger partial charge in [-0.1, -0.05) is 30.3 Å². The Balaban J connectivity index is 2.45. The average Bonchev–Trinajstić information content (AvgIpc) is 2.88. The van der Waals surface area contributed by atoms with Crippen LogP contribution < -0.4 is 5.32 Å². The first-order valence-corrected chi connectivity index (χ1v) is 10.2. The van der Waals surface area contributed by atoms with Gasteiger partial charge in [-0.05, 0) is 53.5 Å².